The summed E-state index contributed by atoms with van der Waals surface area (Å²) in [6.07, 6.45) is 0. The van der Waals surface area contributed by atoms with Crippen LogP contribution >= 0.6 is 22.9 Å². The van der Waals surface area contributed by atoms with E-state index in [0.717, 1.165) is 17.0 Å². The maximum Gasteiger partial charge on any atom is 0.350 e. The minimum Gasteiger partial charge on any atom is -0.451 e. The van der Waals surface area contributed by atoms with Crippen molar-refractivity contribution in [1.82, 2.24) is 0 Å². The van der Waals surface area contributed by atoms with Gasteiger partial charge in [0.25, 0.3) is 5.91 Å². The molecule has 0 aliphatic carbocycles. The molecule has 1 amide bonds. The zero-order valence-corrected chi connectivity index (χ0v) is 15.4. The molecule has 2 aromatic carbocycles. The van der Waals surface area contributed by atoms with Crippen LogP contribution in [0.1, 0.15) is 16.6 Å². The molecule has 0 aliphatic rings. The standard InChI is InChI=1S/C19H15ClFNO3S/c1-2-22(13-6-4-3-5-7-13)16(23)11-25-19(24)18-17(20)14-9-8-12(21)10-15(14)26-18/h3-10H,2,11H2,1H3. The summed E-state index contributed by atoms with van der Waals surface area (Å²) in [5.74, 6) is -1.45. The second kappa shape index (κ2) is 7.85. The minimum atomic E-state index is -0.700. The molecule has 0 aliphatic heterocycles. The van der Waals surface area contributed by atoms with Crippen molar-refractivity contribution < 1.29 is 18.7 Å². The third-order valence-electron chi connectivity index (χ3n) is 3.79. The van der Waals surface area contributed by atoms with Crippen molar-refractivity contribution in [3.05, 3.63) is 64.2 Å². The van der Waals surface area contributed by atoms with Crippen molar-refractivity contribution in [2.75, 3.05) is 18.1 Å². The minimum absolute atomic E-state index is 0.155. The monoisotopic (exact) mass is 391 g/mol. The van der Waals surface area contributed by atoms with E-state index in [-0.39, 0.29) is 15.8 Å². The van der Waals surface area contributed by atoms with Gasteiger partial charge in [-0.1, -0.05) is 29.8 Å². The van der Waals surface area contributed by atoms with Crippen LogP contribution in [0.5, 0.6) is 0 Å². The van der Waals surface area contributed by atoms with Gasteiger partial charge in [-0.15, -0.1) is 11.3 Å². The normalized spacial score (nSPS) is 10.7. The summed E-state index contributed by atoms with van der Waals surface area (Å²) >= 11 is 7.23. The van der Waals surface area contributed by atoms with Gasteiger partial charge in [0.05, 0.1) is 5.02 Å². The highest BCUT2D eigenvalue weighted by atomic mass is 35.5. The zero-order valence-electron chi connectivity index (χ0n) is 13.9. The number of nitrogens with zero attached hydrogens (tertiary/aromatic N) is 1. The number of esters is 1. The Morgan fingerprint density at radius 1 is 1.19 bits per heavy atom. The van der Waals surface area contributed by atoms with Crippen LogP contribution < -0.4 is 4.90 Å². The molecule has 0 saturated carbocycles. The predicted octanol–water partition coefficient (Wildman–Crippen LogP) is 4.90. The van der Waals surface area contributed by atoms with E-state index in [2.05, 4.69) is 0 Å². The molecule has 0 saturated heterocycles. The first kappa shape index (κ1) is 18.4. The Labute approximate surface area is 158 Å². The van der Waals surface area contributed by atoms with Crippen LogP contribution in [0.3, 0.4) is 0 Å². The largest absolute Gasteiger partial charge is 0.451 e. The molecule has 7 heteroatoms. The Morgan fingerprint density at radius 2 is 1.92 bits per heavy atom. The molecule has 0 spiro atoms. The summed E-state index contributed by atoms with van der Waals surface area (Å²) in [6.45, 7) is 1.88. The molecule has 134 valence electrons. The number of likely N-dealkylation sites (N-methyl/N-ethyl adjacent to an activating group) is 1. The molecule has 0 unspecified atom stereocenters. The maximum absolute atomic E-state index is 13.3. The van der Waals surface area contributed by atoms with E-state index in [4.69, 9.17) is 16.3 Å². The van der Waals surface area contributed by atoms with Gasteiger partial charge in [-0.3, -0.25) is 4.79 Å². The number of benzene rings is 2. The summed E-state index contributed by atoms with van der Waals surface area (Å²) in [4.78, 5) is 26.4. The number of thiophene rings is 1. The SMILES string of the molecule is CCN(C(=O)COC(=O)c1sc2cc(F)ccc2c1Cl)c1ccccc1. The molecular weight excluding hydrogens is 377 g/mol. The lowest BCUT2D eigenvalue weighted by atomic mass is 10.2. The molecule has 3 rings (SSSR count). The molecular formula is C19H15ClFNO3S. The Balaban J connectivity index is 1.72. The summed E-state index contributed by atoms with van der Waals surface area (Å²) in [7, 11) is 0. The van der Waals surface area contributed by atoms with Gasteiger partial charge in [-0.2, -0.15) is 0 Å². The number of amides is 1. The molecule has 0 bridgehead atoms. The quantitative estimate of drug-likeness (QED) is 0.581. The van der Waals surface area contributed by atoms with E-state index in [1.807, 2.05) is 25.1 Å². The summed E-state index contributed by atoms with van der Waals surface area (Å²) in [5.41, 5.74) is 0.728. The molecule has 4 nitrogen and oxygen atoms in total. The number of carbonyl (C=O) groups excluding carboxylic acids is 2. The third kappa shape index (κ3) is 3.71. The molecule has 0 radical (unpaired) electrons. The highest BCUT2D eigenvalue weighted by Gasteiger charge is 2.21. The van der Waals surface area contributed by atoms with E-state index < -0.39 is 18.4 Å². The van der Waals surface area contributed by atoms with E-state index >= 15 is 0 Å². The highest BCUT2D eigenvalue weighted by Crippen LogP contribution is 2.36. The smallest absolute Gasteiger partial charge is 0.350 e. The second-order valence-electron chi connectivity index (χ2n) is 5.44. The number of ether oxygens (including phenoxy) is 1. The van der Waals surface area contributed by atoms with E-state index in [9.17, 15) is 14.0 Å². The average molecular weight is 392 g/mol. The summed E-state index contributed by atoms with van der Waals surface area (Å²) < 4.78 is 19.0. The molecule has 3 aromatic rings. The Morgan fingerprint density at radius 3 is 2.62 bits per heavy atom. The van der Waals surface area contributed by atoms with Crippen molar-refractivity contribution in [2.24, 2.45) is 0 Å². The lowest BCUT2D eigenvalue weighted by Crippen LogP contribution is -2.34. The first-order chi connectivity index (χ1) is 12.5. The maximum atomic E-state index is 13.3. The van der Waals surface area contributed by atoms with Crippen LogP contribution in [0.4, 0.5) is 10.1 Å². The van der Waals surface area contributed by atoms with Crippen molar-refractivity contribution in [3.8, 4) is 0 Å². The van der Waals surface area contributed by atoms with Gasteiger partial charge in [0, 0.05) is 22.3 Å². The number of fused-ring (bicyclic) bond motifs is 1. The average Bonchev–Trinajstić information content (AvgIpc) is 2.97. The Bertz CT molecular complexity index is 958. The topological polar surface area (TPSA) is 46.6 Å². The van der Waals surface area contributed by atoms with Crippen LogP contribution in [0.25, 0.3) is 10.1 Å². The molecule has 26 heavy (non-hydrogen) atoms. The number of hydrogen-bond donors (Lipinski definition) is 0. The molecule has 0 atom stereocenters. The first-order valence-corrected chi connectivity index (χ1v) is 9.10. The van der Waals surface area contributed by atoms with Gasteiger partial charge < -0.3 is 9.64 Å². The van der Waals surface area contributed by atoms with Gasteiger partial charge >= 0.3 is 5.97 Å². The Kier molecular flexibility index (Phi) is 5.54. The van der Waals surface area contributed by atoms with E-state index in [1.165, 1.54) is 23.1 Å². The molecule has 0 N–H and O–H groups in total. The highest BCUT2D eigenvalue weighted by molar-refractivity contribution is 7.21. The van der Waals surface area contributed by atoms with Crippen molar-refractivity contribution in [3.63, 3.8) is 0 Å². The number of rotatable bonds is 5. The van der Waals surface area contributed by atoms with Gasteiger partial charge in [0.1, 0.15) is 10.7 Å². The lowest BCUT2D eigenvalue weighted by molar-refractivity contribution is -0.121. The van der Waals surface area contributed by atoms with Gasteiger partial charge in [0.15, 0.2) is 6.61 Å². The van der Waals surface area contributed by atoms with E-state index in [1.54, 1.807) is 12.1 Å². The fourth-order valence-electron chi connectivity index (χ4n) is 2.55. The second-order valence-corrected chi connectivity index (χ2v) is 6.87. The Hall–Kier alpha value is -2.44. The fraction of sp³-hybridized carbons (Fsp3) is 0.158. The summed E-state index contributed by atoms with van der Waals surface area (Å²) in [5, 5.41) is 0.786. The summed E-state index contributed by atoms with van der Waals surface area (Å²) in [6, 6.07) is 13.2. The van der Waals surface area contributed by atoms with Gasteiger partial charge in [0.2, 0.25) is 0 Å². The van der Waals surface area contributed by atoms with Crippen molar-refractivity contribution >= 4 is 50.6 Å². The number of carbonyl (C=O) groups is 2. The van der Waals surface area contributed by atoms with Crippen LogP contribution in [-0.4, -0.2) is 25.0 Å². The van der Waals surface area contributed by atoms with Crippen LogP contribution in [0, 0.1) is 5.82 Å². The molecule has 1 heterocycles. The molecule has 1 aromatic heterocycles. The third-order valence-corrected chi connectivity index (χ3v) is 5.43. The zero-order chi connectivity index (χ0) is 18.7. The van der Waals surface area contributed by atoms with Crippen LogP contribution in [0.15, 0.2) is 48.5 Å². The van der Waals surface area contributed by atoms with Gasteiger partial charge in [-0.25, -0.2) is 9.18 Å². The number of hydrogen-bond acceptors (Lipinski definition) is 4. The van der Waals surface area contributed by atoms with Gasteiger partial charge in [-0.05, 0) is 37.3 Å². The number of anilines is 1. The molecule has 0 fully saturated rings. The van der Waals surface area contributed by atoms with Crippen molar-refractivity contribution in [1.29, 1.82) is 0 Å². The predicted molar refractivity (Wildman–Crippen MR) is 102 cm³/mol. The van der Waals surface area contributed by atoms with E-state index in [0.29, 0.717) is 16.6 Å². The lowest BCUT2D eigenvalue weighted by Gasteiger charge is -2.20. The van der Waals surface area contributed by atoms with Crippen LogP contribution in [0.2, 0.25) is 5.02 Å². The van der Waals surface area contributed by atoms with Crippen molar-refractivity contribution in [2.45, 2.75) is 6.92 Å². The van der Waals surface area contributed by atoms with Crippen LogP contribution in [-0.2, 0) is 9.53 Å². The number of halogens is 2. The first-order valence-electron chi connectivity index (χ1n) is 7.91. The fourth-order valence-corrected chi connectivity index (χ4v) is 3.98. The number of para-hydroxylation sites is 1.